The molecule has 0 bridgehead atoms. The largest absolute Gasteiger partial charge is 0.493 e. The highest BCUT2D eigenvalue weighted by molar-refractivity contribution is 9.10. The molecule has 2 aromatic carbocycles. The number of ether oxygens (including phenoxy) is 2. The summed E-state index contributed by atoms with van der Waals surface area (Å²) in [6.45, 7) is 1.51. The van der Waals surface area contributed by atoms with Crippen LogP contribution in [0, 0.1) is 0 Å². The second-order valence-electron chi connectivity index (χ2n) is 7.65. The van der Waals surface area contributed by atoms with Gasteiger partial charge in [0.05, 0.1) is 12.0 Å². The molecule has 0 spiro atoms. The topological polar surface area (TPSA) is 76.2 Å². The van der Waals surface area contributed by atoms with Crippen LogP contribution in [0.5, 0.6) is 11.5 Å². The molecule has 7 nitrogen and oxygen atoms in total. The minimum absolute atomic E-state index is 0.196. The fraction of sp³-hybridized carbons (Fsp3) is 0.292. The van der Waals surface area contributed by atoms with E-state index in [1.807, 2.05) is 30.3 Å². The van der Waals surface area contributed by atoms with Gasteiger partial charge in [0.1, 0.15) is 13.2 Å². The van der Waals surface area contributed by atoms with E-state index >= 15 is 0 Å². The Morgan fingerprint density at radius 3 is 2.55 bits per heavy atom. The van der Waals surface area contributed by atoms with E-state index in [2.05, 4.69) is 15.9 Å². The number of amides is 3. The van der Waals surface area contributed by atoms with Gasteiger partial charge in [0.15, 0.2) is 11.5 Å². The van der Waals surface area contributed by atoms with Crippen LogP contribution in [0.15, 0.2) is 51.8 Å². The molecular formula is C24H23BrN2O5S. The smallest absolute Gasteiger partial charge is 0.294 e. The lowest BCUT2D eigenvalue weighted by Gasteiger charge is -2.18. The number of methoxy groups -OCH3 is 1. The number of carbonyl (C=O) groups excluding carboxylic acids is 3. The van der Waals surface area contributed by atoms with Crippen molar-refractivity contribution in [3.8, 4) is 11.5 Å². The Labute approximate surface area is 204 Å². The van der Waals surface area contributed by atoms with Crippen molar-refractivity contribution in [3.05, 3.63) is 63.0 Å². The fourth-order valence-electron chi connectivity index (χ4n) is 3.65. The van der Waals surface area contributed by atoms with E-state index in [-0.39, 0.29) is 17.4 Å². The highest BCUT2D eigenvalue weighted by Crippen LogP contribution is 2.38. The number of rotatable bonds is 7. The molecule has 2 aliphatic heterocycles. The maximum atomic E-state index is 12.8. The molecule has 0 aliphatic carbocycles. The number of imide groups is 1. The van der Waals surface area contributed by atoms with Crippen molar-refractivity contribution in [3.63, 3.8) is 0 Å². The van der Waals surface area contributed by atoms with Crippen molar-refractivity contribution < 1.29 is 23.9 Å². The van der Waals surface area contributed by atoms with Gasteiger partial charge in [-0.15, -0.1) is 0 Å². The molecule has 0 unspecified atom stereocenters. The van der Waals surface area contributed by atoms with Crippen LogP contribution in [0.4, 0.5) is 4.79 Å². The minimum Gasteiger partial charge on any atom is -0.493 e. The first kappa shape index (κ1) is 23.4. The summed E-state index contributed by atoms with van der Waals surface area (Å²) in [7, 11) is 1.54. The Kier molecular flexibility index (Phi) is 7.39. The van der Waals surface area contributed by atoms with Crippen LogP contribution < -0.4 is 9.47 Å². The molecule has 0 N–H and O–H groups in total. The number of hydrogen-bond acceptors (Lipinski definition) is 6. The van der Waals surface area contributed by atoms with Crippen molar-refractivity contribution in [2.75, 3.05) is 26.7 Å². The van der Waals surface area contributed by atoms with Crippen molar-refractivity contribution in [1.29, 1.82) is 0 Å². The van der Waals surface area contributed by atoms with Gasteiger partial charge in [0.25, 0.3) is 11.1 Å². The molecule has 2 saturated heterocycles. The Morgan fingerprint density at radius 1 is 1.12 bits per heavy atom. The highest BCUT2D eigenvalue weighted by Gasteiger charge is 2.37. The van der Waals surface area contributed by atoms with Crippen LogP contribution in [-0.4, -0.2) is 53.6 Å². The molecule has 0 aromatic heterocycles. The lowest BCUT2D eigenvalue weighted by molar-refractivity contribution is -0.135. The second kappa shape index (κ2) is 10.4. The number of likely N-dealkylation sites (tertiary alicyclic amines) is 1. The standard InChI is InChI=1S/C24H23BrN2O5S/c1-31-19-11-17(18(25)13-20(19)32-15-16-7-3-2-4-8-16)12-21-23(29)27(24(30)33-21)14-22(28)26-9-5-6-10-26/h2-4,7-8,11-13H,5-6,9-10,14-15H2,1H3/b21-12+. The third-order valence-electron chi connectivity index (χ3n) is 5.43. The third-order valence-corrected chi connectivity index (χ3v) is 7.03. The molecule has 172 valence electrons. The summed E-state index contributed by atoms with van der Waals surface area (Å²) >= 11 is 4.35. The molecule has 2 aromatic rings. The van der Waals surface area contributed by atoms with E-state index in [0.717, 1.165) is 35.1 Å². The predicted molar refractivity (Wildman–Crippen MR) is 130 cm³/mol. The van der Waals surface area contributed by atoms with E-state index in [0.29, 0.717) is 41.2 Å². The monoisotopic (exact) mass is 530 g/mol. The maximum Gasteiger partial charge on any atom is 0.294 e. The average molecular weight is 531 g/mol. The predicted octanol–water partition coefficient (Wildman–Crippen LogP) is 4.70. The fourth-order valence-corrected chi connectivity index (χ4v) is 4.91. The minimum atomic E-state index is -0.465. The van der Waals surface area contributed by atoms with Gasteiger partial charge in [-0.1, -0.05) is 46.3 Å². The zero-order chi connectivity index (χ0) is 23.4. The number of benzene rings is 2. The van der Waals surface area contributed by atoms with Gasteiger partial charge < -0.3 is 14.4 Å². The summed E-state index contributed by atoms with van der Waals surface area (Å²) in [6.07, 6.45) is 3.53. The molecule has 2 fully saturated rings. The molecule has 2 heterocycles. The zero-order valence-corrected chi connectivity index (χ0v) is 20.5. The third kappa shape index (κ3) is 5.42. The number of halogens is 1. The molecular weight excluding hydrogens is 508 g/mol. The van der Waals surface area contributed by atoms with Gasteiger partial charge in [-0.3, -0.25) is 19.3 Å². The zero-order valence-electron chi connectivity index (χ0n) is 18.1. The van der Waals surface area contributed by atoms with E-state index in [9.17, 15) is 14.4 Å². The quantitative estimate of drug-likeness (QED) is 0.483. The van der Waals surface area contributed by atoms with Gasteiger partial charge >= 0.3 is 0 Å². The van der Waals surface area contributed by atoms with Crippen molar-refractivity contribution in [1.82, 2.24) is 9.80 Å². The second-order valence-corrected chi connectivity index (χ2v) is 9.50. The van der Waals surface area contributed by atoms with Crippen LogP contribution >= 0.6 is 27.7 Å². The van der Waals surface area contributed by atoms with E-state index in [1.165, 1.54) is 0 Å². The van der Waals surface area contributed by atoms with Crippen LogP contribution in [0.2, 0.25) is 0 Å². The van der Waals surface area contributed by atoms with Crippen LogP contribution in [0.3, 0.4) is 0 Å². The summed E-state index contributed by atoms with van der Waals surface area (Å²) in [4.78, 5) is 40.6. The van der Waals surface area contributed by atoms with Crippen LogP contribution in [0.1, 0.15) is 24.0 Å². The lowest BCUT2D eigenvalue weighted by Crippen LogP contribution is -2.40. The van der Waals surface area contributed by atoms with E-state index < -0.39 is 11.1 Å². The lowest BCUT2D eigenvalue weighted by atomic mass is 10.1. The summed E-state index contributed by atoms with van der Waals surface area (Å²) in [5.74, 6) is 0.394. The molecule has 33 heavy (non-hydrogen) atoms. The number of hydrogen-bond donors (Lipinski definition) is 0. The number of carbonyl (C=O) groups is 3. The Balaban J connectivity index is 1.50. The number of thioether (sulfide) groups is 1. The van der Waals surface area contributed by atoms with Gasteiger partial charge in [-0.25, -0.2) is 0 Å². The first-order valence-corrected chi connectivity index (χ1v) is 12.1. The van der Waals surface area contributed by atoms with Gasteiger partial charge in [0.2, 0.25) is 5.91 Å². The molecule has 0 radical (unpaired) electrons. The first-order valence-electron chi connectivity index (χ1n) is 10.5. The van der Waals surface area contributed by atoms with E-state index in [4.69, 9.17) is 9.47 Å². The highest BCUT2D eigenvalue weighted by atomic mass is 79.9. The van der Waals surface area contributed by atoms with Crippen LogP contribution in [0.25, 0.3) is 6.08 Å². The molecule has 0 saturated carbocycles. The Hall–Kier alpha value is -2.78. The van der Waals surface area contributed by atoms with E-state index in [1.54, 1.807) is 30.2 Å². The van der Waals surface area contributed by atoms with Crippen molar-refractivity contribution in [2.24, 2.45) is 0 Å². The first-order chi connectivity index (χ1) is 16.0. The van der Waals surface area contributed by atoms with Crippen molar-refractivity contribution in [2.45, 2.75) is 19.4 Å². The maximum absolute atomic E-state index is 12.8. The normalized spacial score (nSPS) is 17.2. The number of nitrogens with zero attached hydrogens (tertiary/aromatic N) is 2. The summed E-state index contributed by atoms with van der Waals surface area (Å²) in [5, 5.41) is -0.440. The summed E-state index contributed by atoms with van der Waals surface area (Å²) in [6, 6.07) is 13.3. The van der Waals surface area contributed by atoms with Crippen LogP contribution in [-0.2, 0) is 16.2 Å². The van der Waals surface area contributed by atoms with Gasteiger partial charge in [-0.05, 0) is 53.9 Å². The van der Waals surface area contributed by atoms with Gasteiger partial charge in [-0.2, -0.15) is 0 Å². The SMILES string of the molecule is COc1cc(/C=C2/SC(=O)N(CC(=O)N3CCCC3)C2=O)c(Br)cc1OCc1ccccc1. The Bertz CT molecular complexity index is 1100. The Morgan fingerprint density at radius 2 is 1.85 bits per heavy atom. The molecule has 9 heteroatoms. The molecule has 3 amide bonds. The summed E-state index contributed by atoms with van der Waals surface area (Å²) in [5.41, 5.74) is 1.69. The summed E-state index contributed by atoms with van der Waals surface area (Å²) < 4.78 is 12.1. The van der Waals surface area contributed by atoms with Gasteiger partial charge in [0, 0.05) is 17.6 Å². The molecule has 4 rings (SSSR count). The molecule has 2 aliphatic rings. The van der Waals surface area contributed by atoms with Crippen molar-refractivity contribution >= 4 is 50.8 Å². The molecule has 0 atom stereocenters. The average Bonchev–Trinajstić information content (AvgIpc) is 3.45.